The summed E-state index contributed by atoms with van der Waals surface area (Å²) in [5.41, 5.74) is 1.74. The van der Waals surface area contributed by atoms with Crippen LogP contribution in [0.2, 0.25) is 0 Å². The van der Waals surface area contributed by atoms with E-state index in [2.05, 4.69) is 19.7 Å². The van der Waals surface area contributed by atoms with Gasteiger partial charge in [-0.2, -0.15) is 0 Å². The van der Waals surface area contributed by atoms with Gasteiger partial charge in [0, 0.05) is 62.9 Å². The van der Waals surface area contributed by atoms with E-state index < -0.39 is 0 Å². The lowest BCUT2D eigenvalue weighted by atomic mass is 9.89. The second-order valence-corrected chi connectivity index (χ2v) is 13.1. The summed E-state index contributed by atoms with van der Waals surface area (Å²) in [6, 6.07) is 10.1. The van der Waals surface area contributed by atoms with Crippen molar-refractivity contribution in [2.75, 3.05) is 44.7 Å². The minimum absolute atomic E-state index is 0.0310. The molecule has 4 aliphatic rings. The van der Waals surface area contributed by atoms with Crippen molar-refractivity contribution in [2.45, 2.75) is 102 Å². The number of esters is 1. The maximum absolute atomic E-state index is 14.0. The van der Waals surface area contributed by atoms with Gasteiger partial charge < -0.3 is 24.6 Å². The van der Waals surface area contributed by atoms with Gasteiger partial charge in [-0.1, -0.05) is 44.2 Å². The number of nitrogens with zero attached hydrogens (tertiary/aromatic N) is 4. The van der Waals surface area contributed by atoms with Gasteiger partial charge in [0.15, 0.2) is 5.82 Å². The fourth-order valence-corrected chi connectivity index (χ4v) is 8.53. The second kappa shape index (κ2) is 13.4. The molecule has 230 valence electrons. The molecular formula is C33H49N5O4. The van der Waals surface area contributed by atoms with E-state index in [1.807, 2.05) is 24.3 Å². The number of rotatable bonds is 9. The van der Waals surface area contributed by atoms with Crippen molar-refractivity contribution in [3.8, 4) is 0 Å². The molecule has 1 saturated carbocycles. The average Bonchev–Trinajstić information content (AvgIpc) is 3.50. The third-order valence-corrected chi connectivity index (χ3v) is 10.5. The highest BCUT2D eigenvalue weighted by atomic mass is 16.5. The SMILES string of the molecule is CCOC(=O)[C@@H]1CN(CCNc2nc3ccccc3n(C3C[C@H]4CC[C@@H](C3)N4C3CCCCCCC3)c2=O)C[C@H]1CO. The molecule has 2 bridgehead atoms. The molecule has 3 saturated heterocycles. The van der Waals surface area contributed by atoms with Crippen LogP contribution in [0.15, 0.2) is 29.1 Å². The smallest absolute Gasteiger partial charge is 0.310 e. The Labute approximate surface area is 249 Å². The number of hydrogen-bond donors (Lipinski definition) is 2. The molecule has 2 aromatic rings. The number of anilines is 1. The molecule has 1 aromatic carbocycles. The van der Waals surface area contributed by atoms with Crippen LogP contribution in [0.3, 0.4) is 0 Å². The van der Waals surface area contributed by atoms with Crippen LogP contribution in [0.1, 0.15) is 83.6 Å². The van der Waals surface area contributed by atoms with Crippen LogP contribution in [0.4, 0.5) is 5.82 Å². The number of fused-ring (bicyclic) bond motifs is 3. The highest BCUT2D eigenvalue weighted by Crippen LogP contribution is 2.44. The number of aliphatic hydroxyl groups excluding tert-OH is 1. The van der Waals surface area contributed by atoms with E-state index in [0.29, 0.717) is 56.7 Å². The molecule has 0 radical (unpaired) electrons. The molecule has 0 amide bonds. The van der Waals surface area contributed by atoms with Gasteiger partial charge >= 0.3 is 5.97 Å². The van der Waals surface area contributed by atoms with Crippen LogP contribution < -0.4 is 10.9 Å². The van der Waals surface area contributed by atoms with Crippen molar-refractivity contribution in [1.29, 1.82) is 0 Å². The van der Waals surface area contributed by atoms with Gasteiger partial charge in [0.1, 0.15) is 0 Å². The summed E-state index contributed by atoms with van der Waals surface area (Å²) in [4.78, 5) is 36.2. The highest BCUT2D eigenvalue weighted by molar-refractivity contribution is 5.76. The van der Waals surface area contributed by atoms with Crippen LogP contribution in [0, 0.1) is 11.8 Å². The summed E-state index contributed by atoms with van der Waals surface area (Å²) in [5, 5.41) is 13.2. The minimum atomic E-state index is -0.311. The number of carbonyl (C=O) groups excluding carboxylic acids is 1. The molecule has 1 aliphatic carbocycles. The lowest BCUT2D eigenvalue weighted by Crippen LogP contribution is -2.50. The Morgan fingerprint density at radius 1 is 0.976 bits per heavy atom. The van der Waals surface area contributed by atoms with Gasteiger partial charge in [-0.3, -0.25) is 14.5 Å². The number of piperidine rings is 1. The highest BCUT2D eigenvalue weighted by Gasteiger charge is 2.44. The van der Waals surface area contributed by atoms with Crippen LogP contribution in [0.5, 0.6) is 0 Å². The van der Waals surface area contributed by atoms with Gasteiger partial charge in [0.25, 0.3) is 5.56 Å². The number of nitrogens with one attached hydrogen (secondary N) is 1. The molecule has 1 aromatic heterocycles. The average molecular weight is 580 g/mol. The zero-order valence-electron chi connectivity index (χ0n) is 25.3. The molecule has 3 aliphatic heterocycles. The molecule has 2 N–H and O–H groups in total. The summed E-state index contributed by atoms with van der Waals surface area (Å²) in [6.45, 7) is 4.51. The van der Waals surface area contributed by atoms with Gasteiger partial charge in [0.05, 0.1) is 23.6 Å². The number of hydrogen-bond acceptors (Lipinski definition) is 8. The third-order valence-electron chi connectivity index (χ3n) is 10.5. The van der Waals surface area contributed by atoms with E-state index in [1.165, 1.54) is 57.8 Å². The van der Waals surface area contributed by atoms with E-state index in [1.54, 1.807) is 6.92 Å². The number of ether oxygens (including phenoxy) is 1. The fraction of sp³-hybridized carbons (Fsp3) is 0.727. The Kier molecular flexibility index (Phi) is 9.46. The van der Waals surface area contributed by atoms with E-state index >= 15 is 0 Å². The maximum atomic E-state index is 14.0. The topological polar surface area (TPSA) is 99.9 Å². The van der Waals surface area contributed by atoms with Crippen LogP contribution in [-0.4, -0.2) is 87.9 Å². The van der Waals surface area contributed by atoms with Crippen molar-refractivity contribution in [2.24, 2.45) is 11.8 Å². The zero-order chi connectivity index (χ0) is 29.1. The first-order valence-corrected chi connectivity index (χ1v) is 16.6. The van der Waals surface area contributed by atoms with E-state index in [4.69, 9.17) is 9.72 Å². The minimum Gasteiger partial charge on any atom is -0.466 e. The molecule has 0 spiro atoms. The Balaban J connectivity index is 1.16. The molecule has 5 atom stereocenters. The van der Waals surface area contributed by atoms with Crippen LogP contribution in [0.25, 0.3) is 11.0 Å². The predicted molar refractivity (Wildman–Crippen MR) is 165 cm³/mol. The van der Waals surface area contributed by atoms with Crippen molar-refractivity contribution in [3.05, 3.63) is 34.6 Å². The van der Waals surface area contributed by atoms with Crippen molar-refractivity contribution >= 4 is 22.8 Å². The summed E-state index contributed by atoms with van der Waals surface area (Å²) >= 11 is 0. The number of carbonyl (C=O) groups is 1. The number of para-hydroxylation sites is 2. The largest absolute Gasteiger partial charge is 0.466 e. The lowest BCUT2D eigenvalue weighted by Gasteiger charge is -2.45. The zero-order valence-corrected chi connectivity index (χ0v) is 25.3. The Morgan fingerprint density at radius 2 is 1.69 bits per heavy atom. The van der Waals surface area contributed by atoms with Gasteiger partial charge in [-0.25, -0.2) is 4.98 Å². The van der Waals surface area contributed by atoms with Gasteiger partial charge in [-0.15, -0.1) is 0 Å². The monoisotopic (exact) mass is 579 g/mol. The third kappa shape index (κ3) is 6.10. The number of benzene rings is 1. The molecule has 9 heteroatoms. The molecular weight excluding hydrogens is 530 g/mol. The van der Waals surface area contributed by atoms with Gasteiger partial charge in [-0.05, 0) is 57.6 Å². The summed E-state index contributed by atoms with van der Waals surface area (Å²) in [6.07, 6.45) is 14.1. The first kappa shape index (κ1) is 29.6. The molecule has 6 rings (SSSR count). The van der Waals surface area contributed by atoms with Crippen LogP contribution >= 0.6 is 0 Å². The maximum Gasteiger partial charge on any atom is 0.310 e. The summed E-state index contributed by atoms with van der Waals surface area (Å²) in [7, 11) is 0. The van der Waals surface area contributed by atoms with Crippen LogP contribution in [-0.2, 0) is 9.53 Å². The Hall–Kier alpha value is -2.49. The first-order chi connectivity index (χ1) is 20.6. The summed E-state index contributed by atoms with van der Waals surface area (Å²) < 4.78 is 7.28. The molecule has 42 heavy (non-hydrogen) atoms. The van der Waals surface area contributed by atoms with E-state index in [0.717, 1.165) is 23.9 Å². The molecule has 9 nitrogen and oxygen atoms in total. The normalized spacial score (nSPS) is 29.4. The molecule has 1 unspecified atom stereocenters. The Bertz CT molecular complexity index is 1260. The number of aromatic nitrogens is 2. The number of likely N-dealkylation sites (tertiary alicyclic amines) is 1. The van der Waals surface area contributed by atoms with E-state index in [-0.39, 0.29) is 36.0 Å². The summed E-state index contributed by atoms with van der Waals surface area (Å²) in [5.74, 6) is -0.262. The second-order valence-electron chi connectivity index (χ2n) is 13.1. The Morgan fingerprint density at radius 3 is 2.40 bits per heavy atom. The van der Waals surface area contributed by atoms with Crippen molar-refractivity contribution in [1.82, 2.24) is 19.4 Å². The van der Waals surface area contributed by atoms with Crippen molar-refractivity contribution < 1.29 is 14.6 Å². The van der Waals surface area contributed by atoms with E-state index in [9.17, 15) is 14.7 Å². The quantitative estimate of drug-likeness (QED) is 0.427. The standard InChI is InChI=1S/C33H49N5O4/c1-2-42-33(41)28-21-36(20-23(28)22-39)17-16-34-31-32(40)38(30-13-9-8-12-29(30)35-31)27-18-25-14-15-26(19-27)37(25)24-10-6-4-3-5-7-11-24/h8-9,12-13,23-28,39H,2-7,10-11,14-22H2,1H3,(H,34,35)/t23-,25-,26+,27?,28+/m0/s1. The molecule has 4 heterocycles. The first-order valence-electron chi connectivity index (χ1n) is 16.6. The number of aliphatic hydroxyl groups is 1. The predicted octanol–water partition coefficient (Wildman–Crippen LogP) is 4.19. The van der Waals surface area contributed by atoms with Crippen molar-refractivity contribution in [3.63, 3.8) is 0 Å². The molecule has 4 fully saturated rings. The fourth-order valence-electron chi connectivity index (χ4n) is 8.53. The van der Waals surface area contributed by atoms with Gasteiger partial charge in [0.2, 0.25) is 0 Å². The lowest BCUT2D eigenvalue weighted by molar-refractivity contribution is -0.149.